The number of H-pyrrole nitrogens is 1. The van der Waals surface area contributed by atoms with Crippen molar-refractivity contribution >= 4 is 27.6 Å². The molecule has 0 spiro atoms. The largest absolute Gasteiger partial charge is 0.352 e. The van der Waals surface area contributed by atoms with Crippen LogP contribution in [0, 0.1) is 10.1 Å². The van der Waals surface area contributed by atoms with Gasteiger partial charge < -0.3 is 4.98 Å². The minimum absolute atomic E-state index is 0.0108. The van der Waals surface area contributed by atoms with Crippen molar-refractivity contribution in [1.29, 1.82) is 0 Å². The van der Waals surface area contributed by atoms with Gasteiger partial charge in [0.25, 0.3) is 11.2 Å². The summed E-state index contributed by atoms with van der Waals surface area (Å²) < 4.78 is 3.22. The van der Waals surface area contributed by atoms with E-state index in [-0.39, 0.29) is 11.2 Å². The highest BCUT2D eigenvalue weighted by molar-refractivity contribution is 5.91. The summed E-state index contributed by atoms with van der Waals surface area (Å²) in [5, 5.41) is 16.8. The number of nitro groups is 1. The Morgan fingerprint density at radius 3 is 2.67 bits per heavy atom. The average molecular weight is 398 g/mol. The normalized spacial score (nSPS) is 12.8. The summed E-state index contributed by atoms with van der Waals surface area (Å²) in [5.41, 5.74) is 3.87. The van der Waals surface area contributed by atoms with Gasteiger partial charge in [0, 0.05) is 29.6 Å². The number of hydrogen-bond donors (Lipinski definition) is 1. The van der Waals surface area contributed by atoms with E-state index in [4.69, 9.17) is 4.98 Å². The number of aromatic amines is 1. The lowest BCUT2D eigenvalue weighted by atomic mass is 10.0. The van der Waals surface area contributed by atoms with Crippen molar-refractivity contribution in [2.24, 2.45) is 0 Å². The number of rotatable bonds is 2. The van der Waals surface area contributed by atoms with E-state index in [1.54, 1.807) is 16.7 Å². The molecule has 0 unspecified atom stereocenters. The van der Waals surface area contributed by atoms with E-state index in [2.05, 4.69) is 16.1 Å². The number of non-ortho nitro benzene ring substituents is 1. The van der Waals surface area contributed by atoms with E-state index < -0.39 is 4.92 Å². The van der Waals surface area contributed by atoms with Crippen LogP contribution in [0.4, 0.5) is 5.69 Å². The van der Waals surface area contributed by atoms with Gasteiger partial charge in [0.15, 0.2) is 11.5 Å². The zero-order valence-electron chi connectivity index (χ0n) is 15.6. The van der Waals surface area contributed by atoms with Crippen molar-refractivity contribution in [3.8, 4) is 17.2 Å². The molecule has 0 radical (unpaired) electrons. The quantitative estimate of drug-likeness (QED) is 0.363. The Morgan fingerprint density at radius 2 is 1.87 bits per heavy atom. The zero-order valence-corrected chi connectivity index (χ0v) is 15.6. The zero-order chi connectivity index (χ0) is 20.4. The molecule has 9 heteroatoms. The first-order valence-corrected chi connectivity index (χ1v) is 9.45. The van der Waals surface area contributed by atoms with Crippen LogP contribution in [0.5, 0.6) is 0 Å². The van der Waals surface area contributed by atoms with Crippen molar-refractivity contribution in [3.63, 3.8) is 0 Å². The third-order valence-corrected chi connectivity index (χ3v) is 5.61. The molecule has 0 saturated carbocycles. The highest BCUT2D eigenvalue weighted by atomic mass is 16.6. The molecule has 9 nitrogen and oxygen atoms in total. The molecule has 146 valence electrons. The molecule has 0 saturated heterocycles. The Hall–Kier alpha value is -4.27. The summed E-state index contributed by atoms with van der Waals surface area (Å²) in [5.74, 6) is 0.577. The number of nitrogens with zero attached hydrogens (tertiary/aromatic N) is 5. The smallest absolute Gasteiger partial charge is 0.269 e. The number of nitro benzene ring substituents is 1. The molecular weight excluding hydrogens is 384 g/mol. The highest BCUT2D eigenvalue weighted by Gasteiger charge is 2.25. The molecule has 1 N–H and O–H groups in total. The van der Waals surface area contributed by atoms with E-state index in [1.165, 1.54) is 23.0 Å². The van der Waals surface area contributed by atoms with Crippen molar-refractivity contribution in [2.45, 2.75) is 13.0 Å². The van der Waals surface area contributed by atoms with Gasteiger partial charge in [-0.15, -0.1) is 0 Å². The average Bonchev–Trinajstić information content (AvgIpc) is 3.36. The van der Waals surface area contributed by atoms with Crippen molar-refractivity contribution < 1.29 is 4.92 Å². The summed E-state index contributed by atoms with van der Waals surface area (Å²) in [6.45, 7) is 0.550. The predicted molar refractivity (Wildman–Crippen MR) is 111 cm³/mol. The Morgan fingerprint density at radius 1 is 1.07 bits per heavy atom. The highest BCUT2D eigenvalue weighted by Crippen LogP contribution is 2.33. The molecule has 0 fully saturated rings. The second-order valence-electron chi connectivity index (χ2n) is 7.23. The minimum Gasteiger partial charge on any atom is -0.352 e. The van der Waals surface area contributed by atoms with E-state index in [1.807, 2.05) is 18.2 Å². The second kappa shape index (κ2) is 5.86. The third-order valence-electron chi connectivity index (χ3n) is 5.61. The van der Waals surface area contributed by atoms with Crippen LogP contribution in [0.3, 0.4) is 0 Å². The molecule has 0 bridgehead atoms. The summed E-state index contributed by atoms with van der Waals surface area (Å²) in [6, 6.07) is 14.0. The van der Waals surface area contributed by atoms with Crippen LogP contribution in [0.15, 0.2) is 59.5 Å². The predicted octanol–water partition coefficient (Wildman–Crippen LogP) is 3.19. The Kier molecular flexibility index (Phi) is 3.26. The van der Waals surface area contributed by atoms with Gasteiger partial charge in [0.1, 0.15) is 5.39 Å². The van der Waals surface area contributed by atoms with Gasteiger partial charge in [-0.05, 0) is 30.2 Å². The fourth-order valence-electron chi connectivity index (χ4n) is 4.18. The lowest BCUT2D eigenvalue weighted by molar-refractivity contribution is -0.384. The van der Waals surface area contributed by atoms with Gasteiger partial charge in [0.2, 0.25) is 0 Å². The lowest BCUT2D eigenvalue weighted by Crippen LogP contribution is -2.27. The fourth-order valence-corrected chi connectivity index (χ4v) is 4.18. The van der Waals surface area contributed by atoms with Gasteiger partial charge in [-0.2, -0.15) is 5.10 Å². The molecule has 1 aliphatic rings. The molecule has 5 aromatic rings. The van der Waals surface area contributed by atoms with Gasteiger partial charge in [-0.25, -0.2) is 9.67 Å². The minimum atomic E-state index is -0.455. The molecule has 2 aromatic carbocycles. The molecular formula is C21H14N6O3. The van der Waals surface area contributed by atoms with Crippen LogP contribution in [0.1, 0.15) is 5.56 Å². The number of benzene rings is 2. The van der Waals surface area contributed by atoms with Crippen LogP contribution in [0.25, 0.3) is 39.1 Å². The van der Waals surface area contributed by atoms with Crippen LogP contribution in [-0.4, -0.2) is 29.2 Å². The Balaban J connectivity index is 1.60. The van der Waals surface area contributed by atoms with Crippen molar-refractivity contribution in [1.82, 2.24) is 24.3 Å². The monoisotopic (exact) mass is 398 g/mol. The van der Waals surface area contributed by atoms with Gasteiger partial charge in [-0.3, -0.25) is 19.5 Å². The number of para-hydroxylation sites is 1. The van der Waals surface area contributed by atoms with E-state index >= 15 is 0 Å². The summed E-state index contributed by atoms with van der Waals surface area (Å²) in [7, 11) is 0. The summed E-state index contributed by atoms with van der Waals surface area (Å²) in [6.07, 6.45) is 2.25. The standard InChI is InChI=1S/C21H14N6O3/c28-21-16-11-22-26(12-5-7-13(8-6-12)27(29)30)19(16)24-20-18-15(9-10-25(20)21)14-3-1-2-4-17(14)23-18/h1-8,11,23H,9-10H2. The topological polar surface area (TPSA) is 112 Å². The van der Waals surface area contributed by atoms with E-state index in [0.29, 0.717) is 29.1 Å². The number of aryl methyl sites for hydroxylation is 1. The molecule has 0 aliphatic carbocycles. The molecule has 3 aromatic heterocycles. The third kappa shape index (κ3) is 2.20. The molecule has 0 atom stereocenters. The van der Waals surface area contributed by atoms with Crippen LogP contribution >= 0.6 is 0 Å². The fraction of sp³-hybridized carbons (Fsp3) is 0.0952. The SMILES string of the molecule is O=c1c2cnn(-c3ccc([N+](=O)[O-])cc3)c2nc2n1CCc1c-2[nH]c2ccccc12. The molecule has 30 heavy (non-hydrogen) atoms. The molecule has 4 heterocycles. The second-order valence-corrected chi connectivity index (χ2v) is 7.23. The molecule has 6 rings (SSSR count). The van der Waals surface area contributed by atoms with E-state index in [0.717, 1.165) is 28.6 Å². The van der Waals surface area contributed by atoms with Crippen LogP contribution < -0.4 is 5.56 Å². The number of nitrogens with one attached hydrogen (secondary N) is 1. The first kappa shape index (κ1) is 16.7. The summed E-state index contributed by atoms with van der Waals surface area (Å²) >= 11 is 0. The van der Waals surface area contributed by atoms with Crippen molar-refractivity contribution in [3.05, 3.63) is 80.8 Å². The van der Waals surface area contributed by atoms with Crippen LogP contribution in [0.2, 0.25) is 0 Å². The maximum Gasteiger partial charge on any atom is 0.269 e. The van der Waals surface area contributed by atoms with Gasteiger partial charge in [-0.1, -0.05) is 18.2 Å². The van der Waals surface area contributed by atoms with Gasteiger partial charge in [0.05, 0.1) is 22.5 Å². The maximum absolute atomic E-state index is 13.2. The number of fused-ring (bicyclic) bond motifs is 6. The summed E-state index contributed by atoms with van der Waals surface area (Å²) in [4.78, 5) is 31.8. The Labute approximate surface area is 168 Å². The molecule has 0 amide bonds. The number of aromatic nitrogens is 5. The van der Waals surface area contributed by atoms with E-state index in [9.17, 15) is 14.9 Å². The first-order valence-electron chi connectivity index (χ1n) is 9.45. The molecule has 1 aliphatic heterocycles. The lowest BCUT2D eigenvalue weighted by Gasteiger charge is -2.18. The first-order chi connectivity index (χ1) is 14.6. The number of hydrogen-bond acceptors (Lipinski definition) is 5. The van der Waals surface area contributed by atoms with Crippen LogP contribution in [-0.2, 0) is 13.0 Å². The van der Waals surface area contributed by atoms with Crippen molar-refractivity contribution in [2.75, 3.05) is 0 Å². The Bertz CT molecular complexity index is 1540. The maximum atomic E-state index is 13.2. The van der Waals surface area contributed by atoms with Gasteiger partial charge >= 0.3 is 0 Å².